The third-order valence-corrected chi connectivity index (χ3v) is 12.0. The number of nitrogens with zero attached hydrogens (tertiary/aromatic N) is 2. The van der Waals surface area contributed by atoms with Gasteiger partial charge in [0.2, 0.25) is 7.37 Å². The van der Waals surface area contributed by atoms with Gasteiger partial charge in [0.1, 0.15) is 16.8 Å². The van der Waals surface area contributed by atoms with Crippen LogP contribution in [0.3, 0.4) is 0 Å². The number of amides is 2. The first kappa shape index (κ1) is 42.8. The smallest absolute Gasteiger partial charge is 0.419 e. The molecule has 2 amide bonds. The highest BCUT2D eigenvalue weighted by molar-refractivity contribution is 7.62. The molecule has 0 N–H and O–H groups in total. The van der Waals surface area contributed by atoms with Crippen LogP contribution in [-0.2, 0) is 34.6 Å². The van der Waals surface area contributed by atoms with Gasteiger partial charge in [-0.3, -0.25) is 14.3 Å². The van der Waals surface area contributed by atoms with Gasteiger partial charge in [-0.15, -0.1) is 0 Å². The first-order valence-electron chi connectivity index (χ1n) is 17.5. The number of unbranched alkanes of at least 4 members (excludes halogenated alkanes) is 1. The summed E-state index contributed by atoms with van der Waals surface area (Å²) in [6.45, 7) is 18.4. The van der Waals surface area contributed by atoms with Crippen molar-refractivity contribution < 1.29 is 37.7 Å². The number of hydrogen-bond donors (Lipinski definition) is 0. The van der Waals surface area contributed by atoms with E-state index in [-0.39, 0.29) is 38.7 Å². The lowest BCUT2D eigenvalue weighted by molar-refractivity contribution is -0.160. The summed E-state index contributed by atoms with van der Waals surface area (Å²) >= 11 is 13.2. The zero-order chi connectivity index (χ0) is 38.4. The Bertz CT molecular complexity index is 1550. The number of imide groups is 1. The van der Waals surface area contributed by atoms with Gasteiger partial charge in [-0.2, -0.15) is 0 Å². The van der Waals surface area contributed by atoms with Crippen molar-refractivity contribution in [1.29, 1.82) is 0 Å². The third-order valence-electron chi connectivity index (χ3n) is 8.06. The highest BCUT2D eigenvalue weighted by Crippen LogP contribution is 2.64. The minimum Gasteiger partial charge on any atom is -0.459 e. The number of carbonyl (C=O) groups is 3. The van der Waals surface area contributed by atoms with Crippen molar-refractivity contribution in [3.05, 3.63) is 58.1 Å². The molecule has 1 heterocycles. The average molecular weight is 770 g/mol. The number of ether oxygens (including phenoxy) is 3. The molecule has 13 heteroatoms. The molecular weight excluding hydrogens is 714 g/mol. The van der Waals surface area contributed by atoms with E-state index in [0.717, 1.165) is 16.0 Å². The van der Waals surface area contributed by atoms with Crippen LogP contribution in [0.25, 0.3) is 11.1 Å². The van der Waals surface area contributed by atoms with Crippen molar-refractivity contribution in [2.45, 2.75) is 117 Å². The van der Waals surface area contributed by atoms with Crippen molar-refractivity contribution in [2.24, 2.45) is 0 Å². The molecule has 1 aliphatic rings. The molecule has 284 valence electrons. The van der Waals surface area contributed by atoms with E-state index in [9.17, 15) is 18.9 Å². The van der Waals surface area contributed by atoms with E-state index < -0.39 is 47.5 Å². The number of halogens is 2. The van der Waals surface area contributed by atoms with Crippen molar-refractivity contribution in [3.8, 4) is 11.1 Å². The molecule has 0 bridgehead atoms. The molecule has 1 fully saturated rings. The fourth-order valence-corrected chi connectivity index (χ4v) is 9.59. The topological polar surface area (TPSA) is 112 Å². The molecule has 0 aromatic heterocycles. The molecule has 10 nitrogen and oxygen atoms in total. The molecule has 0 radical (unpaired) electrons. The van der Waals surface area contributed by atoms with Crippen molar-refractivity contribution >= 4 is 48.7 Å². The summed E-state index contributed by atoms with van der Waals surface area (Å²) in [5.41, 5.74) is -0.0387. The Hall–Kier alpha value is -2.62. The second-order valence-corrected chi connectivity index (χ2v) is 19.6. The number of hydrogen-bond acceptors (Lipinski definition) is 9. The predicted octanol–water partition coefficient (Wildman–Crippen LogP) is 10.2. The molecular formula is C38H55Cl2N2O8P. The summed E-state index contributed by atoms with van der Waals surface area (Å²) in [6, 6.07) is 13.2. The van der Waals surface area contributed by atoms with Gasteiger partial charge in [-0.05, 0) is 112 Å². The summed E-state index contributed by atoms with van der Waals surface area (Å²) in [5.74, 6) is -0.602. The van der Waals surface area contributed by atoms with Crippen LogP contribution in [0, 0.1) is 0 Å². The summed E-state index contributed by atoms with van der Waals surface area (Å²) in [5, 5.41) is -0.484. The van der Waals surface area contributed by atoms with Crippen LogP contribution in [0.2, 0.25) is 10.0 Å². The van der Waals surface area contributed by atoms with Crippen LogP contribution in [0.5, 0.6) is 0 Å². The molecule has 1 aliphatic heterocycles. The maximum Gasteiger partial charge on any atom is 0.419 e. The molecule has 3 rings (SSSR count). The number of benzene rings is 2. The van der Waals surface area contributed by atoms with Crippen molar-refractivity contribution in [2.75, 3.05) is 32.4 Å². The second-order valence-electron chi connectivity index (χ2n) is 15.9. The Balaban J connectivity index is 1.98. The van der Waals surface area contributed by atoms with Gasteiger partial charge in [0, 0.05) is 47.9 Å². The molecule has 51 heavy (non-hydrogen) atoms. The largest absolute Gasteiger partial charge is 0.459 e. The number of carbonyl (C=O) groups excluding carboxylic acids is 3. The molecule has 2 atom stereocenters. The Labute approximate surface area is 313 Å². The summed E-state index contributed by atoms with van der Waals surface area (Å²) in [6.07, 6.45) is -0.804. The highest BCUT2D eigenvalue weighted by atomic mass is 35.5. The van der Waals surface area contributed by atoms with Gasteiger partial charge < -0.3 is 18.7 Å². The zero-order valence-corrected chi connectivity index (χ0v) is 34.2. The third kappa shape index (κ3) is 11.7. The van der Waals surface area contributed by atoms with Crippen LogP contribution in [0.15, 0.2) is 42.5 Å². The normalized spacial score (nSPS) is 20.1. The molecule has 2 aromatic rings. The Morgan fingerprint density at radius 2 is 1.37 bits per heavy atom. The molecule has 0 aliphatic carbocycles. The summed E-state index contributed by atoms with van der Waals surface area (Å²) < 4.78 is 38.0. The maximum atomic E-state index is 14.9. The monoisotopic (exact) mass is 768 g/mol. The molecule has 0 spiro atoms. The zero-order valence-electron chi connectivity index (χ0n) is 31.8. The van der Waals surface area contributed by atoms with Gasteiger partial charge in [0.25, 0.3) is 0 Å². The van der Waals surface area contributed by atoms with E-state index in [1.54, 1.807) is 87.4 Å². The minimum absolute atomic E-state index is 0.0388. The van der Waals surface area contributed by atoms with E-state index >= 15 is 0 Å². The minimum atomic E-state index is -3.64. The van der Waals surface area contributed by atoms with Gasteiger partial charge in [0.15, 0.2) is 5.16 Å². The van der Waals surface area contributed by atoms with Crippen LogP contribution >= 0.6 is 30.6 Å². The lowest BCUT2D eigenvalue weighted by Crippen LogP contribution is -2.56. The number of rotatable bonds is 11. The van der Waals surface area contributed by atoms with Gasteiger partial charge in [-0.25, -0.2) is 14.5 Å². The predicted molar refractivity (Wildman–Crippen MR) is 203 cm³/mol. The maximum absolute atomic E-state index is 14.9. The lowest BCUT2D eigenvalue weighted by Gasteiger charge is -2.46. The Kier molecular flexibility index (Phi) is 14.3. The van der Waals surface area contributed by atoms with Crippen LogP contribution in [0.1, 0.15) is 94.1 Å². The second kappa shape index (κ2) is 17.0. The Morgan fingerprint density at radius 1 is 0.824 bits per heavy atom. The summed E-state index contributed by atoms with van der Waals surface area (Å²) in [4.78, 5) is 43.6. The molecule has 0 saturated carbocycles. The van der Waals surface area contributed by atoms with Gasteiger partial charge >= 0.3 is 18.2 Å². The molecule has 2 unspecified atom stereocenters. The highest BCUT2D eigenvalue weighted by Gasteiger charge is 2.59. The van der Waals surface area contributed by atoms with Crippen LogP contribution in [0.4, 0.5) is 9.59 Å². The Morgan fingerprint density at radius 3 is 1.90 bits per heavy atom. The van der Waals surface area contributed by atoms with E-state index in [0.29, 0.717) is 35.1 Å². The first-order chi connectivity index (χ1) is 23.5. The molecule has 2 aromatic carbocycles. The van der Waals surface area contributed by atoms with E-state index in [4.69, 9.17) is 41.9 Å². The van der Waals surface area contributed by atoms with E-state index in [2.05, 4.69) is 4.90 Å². The van der Waals surface area contributed by atoms with Gasteiger partial charge in [-0.1, -0.05) is 53.5 Å². The lowest BCUT2D eigenvalue weighted by atomic mass is 9.96. The SMILES string of the molecule is CCOP1(=O)CCN(Cc2ccccc2-c2c(Cl)cccc2Cl)CC1(CCCCN(C(=O)OC(C)(C)C)C(=O)OC(C)(C)C)C(=O)OC(C)(C)C. The van der Waals surface area contributed by atoms with Crippen molar-refractivity contribution in [3.63, 3.8) is 0 Å². The quantitative estimate of drug-likeness (QED) is 0.0954. The van der Waals surface area contributed by atoms with Crippen LogP contribution in [-0.4, -0.2) is 82.3 Å². The fourth-order valence-electron chi connectivity index (χ4n) is 5.98. The van der Waals surface area contributed by atoms with E-state index in [1.807, 2.05) is 24.3 Å². The number of esters is 1. The van der Waals surface area contributed by atoms with Crippen LogP contribution < -0.4 is 0 Å². The fraction of sp³-hybridized carbons (Fsp3) is 0.605. The standard InChI is InChI=1S/C38H55Cl2N2O8P/c1-11-47-51(46)24-23-41(25-27-17-12-13-18-28(27)31-29(39)19-16-20-30(31)40)26-38(51,32(43)48-35(2,3)4)21-14-15-22-42(33(44)49-36(5,6)7)34(45)50-37(8,9)10/h12-13,16-20H,11,14-15,21-26H2,1-10H3. The average Bonchev–Trinajstić information content (AvgIpc) is 2.96. The van der Waals surface area contributed by atoms with Gasteiger partial charge in [0.05, 0.1) is 6.61 Å². The molecule has 1 saturated heterocycles. The van der Waals surface area contributed by atoms with E-state index in [1.165, 1.54) is 0 Å². The van der Waals surface area contributed by atoms with Crippen molar-refractivity contribution in [1.82, 2.24) is 9.80 Å². The summed E-state index contributed by atoms with van der Waals surface area (Å²) in [7, 11) is -3.64. The first-order valence-corrected chi connectivity index (χ1v) is 20.0.